The molecule has 154 valence electrons. The number of hydrogen-bond acceptors (Lipinski definition) is 3. The van der Waals surface area contributed by atoms with Crippen molar-refractivity contribution in [1.29, 1.82) is 0 Å². The van der Waals surface area contributed by atoms with Gasteiger partial charge in [0, 0.05) is 31.1 Å². The van der Waals surface area contributed by atoms with Crippen molar-refractivity contribution in [2.75, 3.05) is 33.2 Å². The molecule has 0 bridgehead atoms. The molecule has 1 unspecified atom stereocenters. The Kier molecular flexibility index (Phi) is 6.28. The minimum atomic E-state index is -0.803. The number of aliphatic carboxylic acids is 1. The number of carbonyl (C=O) groups is 2. The molecule has 0 aromatic heterocycles. The molecule has 1 atom stereocenters. The number of urea groups is 1. The third kappa shape index (κ3) is 4.85. The molecule has 1 aromatic carbocycles. The molecular weight excluding hydrogens is 354 g/mol. The number of carboxylic acid groups (broad SMARTS) is 1. The monoisotopic (exact) mass is 387 g/mol. The van der Waals surface area contributed by atoms with Crippen LogP contribution >= 0.6 is 0 Å². The molecular formula is C22H33N3O3. The molecule has 1 aliphatic heterocycles. The van der Waals surface area contributed by atoms with Crippen LogP contribution in [0.1, 0.15) is 48.8 Å². The Balaban J connectivity index is 1.53. The highest BCUT2D eigenvalue weighted by molar-refractivity contribution is 5.74. The van der Waals surface area contributed by atoms with E-state index in [1.54, 1.807) is 0 Å². The average molecular weight is 388 g/mol. The second-order valence-corrected chi connectivity index (χ2v) is 8.64. The largest absolute Gasteiger partial charge is 0.480 e. The fourth-order valence-corrected chi connectivity index (χ4v) is 4.52. The lowest BCUT2D eigenvalue weighted by atomic mass is 9.91. The normalized spacial score (nSPS) is 21.3. The van der Waals surface area contributed by atoms with Crippen molar-refractivity contribution in [3.8, 4) is 0 Å². The molecule has 28 heavy (non-hydrogen) atoms. The van der Waals surface area contributed by atoms with Gasteiger partial charge in [-0.2, -0.15) is 0 Å². The lowest BCUT2D eigenvalue weighted by Crippen LogP contribution is -2.44. The summed E-state index contributed by atoms with van der Waals surface area (Å²) in [6.07, 6.45) is 4.90. The number of carboxylic acids is 1. The topological polar surface area (TPSA) is 72.9 Å². The number of nitrogens with zero attached hydrogens (tertiary/aromatic N) is 2. The molecule has 1 saturated carbocycles. The van der Waals surface area contributed by atoms with E-state index in [-0.39, 0.29) is 24.0 Å². The van der Waals surface area contributed by atoms with Gasteiger partial charge in [0.1, 0.15) is 0 Å². The first-order chi connectivity index (χ1) is 13.3. The smallest absolute Gasteiger partial charge is 0.317 e. The van der Waals surface area contributed by atoms with Gasteiger partial charge < -0.3 is 15.3 Å². The molecule has 3 rings (SSSR count). The lowest BCUT2D eigenvalue weighted by molar-refractivity contribution is -0.138. The van der Waals surface area contributed by atoms with Crippen molar-refractivity contribution in [1.82, 2.24) is 15.1 Å². The summed E-state index contributed by atoms with van der Waals surface area (Å²) in [5.41, 5.74) is 4.05. The maximum absolute atomic E-state index is 12.8. The third-order valence-corrected chi connectivity index (χ3v) is 6.38. The van der Waals surface area contributed by atoms with Crippen molar-refractivity contribution < 1.29 is 14.7 Å². The summed E-state index contributed by atoms with van der Waals surface area (Å²) in [5.74, 6) is -0.803. The second kappa shape index (κ2) is 8.52. The first-order valence-electron chi connectivity index (χ1n) is 10.3. The second-order valence-electron chi connectivity index (χ2n) is 8.64. The van der Waals surface area contributed by atoms with E-state index in [0.717, 1.165) is 38.6 Å². The van der Waals surface area contributed by atoms with E-state index >= 15 is 0 Å². The Bertz CT molecular complexity index is 730. The summed E-state index contributed by atoms with van der Waals surface area (Å²) in [6.45, 7) is 6.42. The molecule has 1 aromatic rings. The number of likely N-dealkylation sites (N-methyl/N-ethyl adjacent to an activating group) is 1. The van der Waals surface area contributed by atoms with Crippen LogP contribution in [-0.4, -0.2) is 66.2 Å². The van der Waals surface area contributed by atoms with Crippen LogP contribution in [-0.2, 0) is 10.2 Å². The van der Waals surface area contributed by atoms with Crippen molar-refractivity contribution in [2.24, 2.45) is 0 Å². The van der Waals surface area contributed by atoms with Gasteiger partial charge in [-0.3, -0.25) is 9.69 Å². The summed E-state index contributed by atoms with van der Waals surface area (Å²) < 4.78 is 0. The standard InChI is InChI=1S/C22H33N3O3/c1-16-6-7-19(17(2)13-16)22(9-10-22)15-23-21(28)25-11-4-5-18(8-12-25)24(3)14-20(26)27/h6-7,13,18H,4-5,8-12,14-15H2,1-3H3,(H,23,28)(H,26,27). The summed E-state index contributed by atoms with van der Waals surface area (Å²) in [5, 5.41) is 12.2. The molecule has 0 spiro atoms. The summed E-state index contributed by atoms with van der Waals surface area (Å²) in [4.78, 5) is 27.5. The van der Waals surface area contributed by atoms with E-state index in [4.69, 9.17) is 5.11 Å². The Morgan fingerprint density at radius 1 is 1.25 bits per heavy atom. The SMILES string of the molecule is Cc1ccc(C2(CNC(=O)N3CCCC(N(C)CC(=O)O)CC3)CC2)c(C)c1. The number of benzene rings is 1. The number of amides is 2. The van der Waals surface area contributed by atoms with E-state index in [1.807, 2.05) is 16.8 Å². The van der Waals surface area contributed by atoms with E-state index in [1.165, 1.54) is 16.7 Å². The van der Waals surface area contributed by atoms with Crippen molar-refractivity contribution in [3.05, 3.63) is 34.9 Å². The van der Waals surface area contributed by atoms with Gasteiger partial charge in [-0.15, -0.1) is 0 Å². The molecule has 2 N–H and O–H groups in total. The van der Waals surface area contributed by atoms with Gasteiger partial charge in [0.2, 0.25) is 0 Å². The van der Waals surface area contributed by atoms with Crippen LogP contribution in [0.15, 0.2) is 18.2 Å². The number of nitrogens with one attached hydrogen (secondary N) is 1. The van der Waals surface area contributed by atoms with E-state index in [9.17, 15) is 9.59 Å². The van der Waals surface area contributed by atoms with Crippen LogP contribution < -0.4 is 5.32 Å². The van der Waals surface area contributed by atoms with Gasteiger partial charge in [-0.25, -0.2) is 4.79 Å². The van der Waals surface area contributed by atoms with Crippen LogP contribution in [0, 0.1) is 13.8 Å². The fraction of sp³-hybridized carbons (Fsp3) is 0.636. The van der Waals surface area contributed by atoms with Gasteiger partial charge in [-0.05, 0) is 64.1 Å². The minimum Gasteiger partial charge on any atom is -0.480 e. The number of hydrogen-bond donors (Lipinski definition) is 2. The molecule has 2 fully saturated rings. The maximum Gasteiger partial charge on any atom is 0.317 e. The van der Waals surface area contributed by atoms with E-state index < -0.39 is 5.97 Å². The average Bonchev–Trinajstić information content (AvgIpc) is 3.43. The van der Waals surface area contributed by atoms with Gasteiger partial charge in [-0.1, -0.05) is 23.8 Å². The summed E-state index contributed by atoms with van der Waals surface area (Å²) >= 11 is 0. The molecule has 2 aliphatic rings. The highest BCUT2D eigenvalue weighted by Gasteiger charge is 2.45. The minimum absolute atomic E-state index is 0.0116. The molecule has 2 amide bonds. The summed E-state index contributed by atoms with van der Waals surface area (Å²) in [6, 6.07) is 6.84. The highest BCUT2D eigenvalue weighted by Crippen LogP contribution is 2.48. The van der Waals surface area contributed by atoms with Crippen LogP contribution in [0.3, 0.4) is 0 Å². The fourth-order valence-electron chi connectivity index (χ4n) is 4.52. The number of rotatable bonds is 6. The molecule has 1 heterocycles. The first kappa shape index (κ1) is 20.6. The van der Waals surface area contributed by atoms with E-state index in [2.05, 4.69) is 37.4 Å². The summed E-state index contributed by atoms with van der Waals surface area (Å²) in [7, 11) is 1.86. The Morgan fingerprint density at radius 3 is 2.64 bits per heavy atom. The first-order valence-corrected chi connectivity index (χ1v) is 10.3. The lowest BCUT2D eigenvalue weighted by Gasteiger charge is -2.26. The predicted octanol–water partition coefficient (Wildman–Crippen LogP) is 2.92. The van der Waals surface area contributed by atoms with Crippen molar-refractivity contribution in [2.45, 2.75) is 57.4 Å². The molecule has 0 radical (unpaired) electrons. The van der Waals surface area contributed by atoms with Gasteiger partial charge >= 0.3 is 12.0 Å². The third-order valence-electron chi connectivity index (χ3n) is 6.38. The van der Waals surface area contributed by atoms with Crippen LogP contribution in [0.4, 0.5) is 4.79 Å². The van der Waals surface area contributed by atoms with Crippen molar-refractivity contribution >= 4 is 12.0 Å². The zero-order valence-electron chi connectivity index (χ0n) is 17.3. The zero-order valence-corrected chi connectivity index (χ0v) is 17.3. The Hall–Kier alpha value is -2.08. The van der Waals surface area contributed by atoms with Crippen molar-refractivity contribution in [3.63, 3.8) is 0 Å². The maximum atomic E-state index is 12.8. The molecule has 1 aliphatic carbocycles. The number of aryl methyl sites for hydroxylation is 2. The Labute approximate surface area is 167 Å². The van der Waals surface area contributed by atoms with Gasteiger partial charge in [0.05, 0.1) is 6.54 Å². The molecule has 6 nitrogen and oxygen atoms in total. The highest BCUT2D eigenvalue weighted by atomic mass is 16.4. The van der Waals surface area contributed by atoms with Crippen LogP contribution in [0.2, 0.25) is 0 Å². The zero-order chi connectivity index (χ0) is 20.3. The van der Waals surface area contributed by atoms with E-state index in [0.29, 0.717) is 13.1 Å². The molecule has 6 heteroatoms. The molecule has 1 saturated heterocycles. The van der Waals surface area contributed by atoms with Crippen LogP contribution in [0.5, 0.6) is 0 Å². The number of likely N-dealkylation sites (tertiary alicyclic amines) is 1. The number of carbonyl (C=O) groups excluding carboxylic acids is 1. The van der Waals surface area contributed by atoms with Gasteiger partial charge in [0.25, 0.3) is 0 Å². The quantitative estimate of drug-likeness (QED) is 0.787. The van der Waals surface area contributed by atoms with Gasteiger partial charge in [0.15, 0.2) is 0 Å². The Morgan fingerprint density at radius 2 is 2.00 bits per heavy atom. The van der Waals surface area contributed by atoms with Crippen LogP contribution in [0.25, 0.3) is 0 Å². The predicted molar refractivity (Wildman–Crippen MR) is 110 cm³/mol.